The van der Waals surface area contributed by atoms with Gasteiger partial charge in [0, 0.05) is 29.7 Å². The first-order valence-electron chi connectivity index (χ1n) is 13.2. The van der Waals surface area contributed by atoms with E-state index in [1.807, 2.05) is 62.7 Å². The zero-order chi connectivity index (χ0) is 26.1. The summed E-state index contributed by atoms with van der Waals surface area (Å²) in [6.45, 7) is 6.85. The van der Waals surface area contributed by atoms with Crippen LogP contribution in [0.3, 0.4) is 0 Å². The van der Waals surface area contributed by atoms with E-state index >= 15 is 0 Å². The number of hydrogen-bond acceptors (Lipinski definition) is 4. The van der Waals surface area contributed by atoms with Crippen LogP contribution in [0, 0.1) is 0 Å². The fourth-order valence-electron chi connectivity index (χ4n) is 4.92. The molecule has 0 saturated heterocycles. The highest BCUT2D eigenvalue weighted by Gasteiger charge is 2.40. The predicted molar refractivity (Wildman–Crippen MR) is 147 cm³/mol. The molecule has 1 saturated carbocycles. The van der Waals surface area contributed by atoms with Crippen molar-refractivity contribution >= 4 is 34.9 Å². The number of furan rings is 1. The first kappa shape index (κ1) is 28.0. The molecule has 0 bridgehead atoms. The van der Waals surface area contributed by atoms with Crippen LogP contribution in [0.15, 0.2) is 47.1 Å². The summed E-state index contributed by atoms with van der Waals surface area (Å²) in [6, 6.07) is 11.4. The van der Waals surface area contributed by atoms with Gasteiger partial charge in [0.15, 0.2) is 11.9 Å². The standard InChI is InChI=1S/C27H34ClN3O3.C2H6/c1-27(30(2)17-20-10-12-21(28)13-11-20,26(33)29-22-8-6-4-3-5-7-9-22)19-31-23(18-32)16-25-24(31)14-15-34-25;1-2/h10-16,18,22H,3-9,17,19H2,1-2H3,(H,29,33);1-2H3. The second-order valence-corrected chi connectivity index (χ2v) is 10.2. The summed E-state index contributed by atoms with van der Waals surface area (Å²) in [5.41, 5.74) is 2.12. The first-order chi connectivity index (χ1) is 17.4. The summed E-state index contributed by atoms with van der Waals surface area (Å²) in [6.07, 6.45) is 10.5. The van der Waals surface area contributed by atoms with Crippen molar-refractivity contribution in [3.8, 4) is 0 Å². The zero-order valence-corrected chi connectivity index (χ0v) is 22.8. The van der Waals surface area contributed by atoms with Crippen molar-refractivity contribution in [2.45, 2.75) is 90.4 Å². The SMILES string of the molecule is CC.CN(Cc1ccc(Cl)cc1)C(C)(Cn1c(C=O)cc2occc21)C(=O)NC1CCCCCCC1. The number of nitrogens with zero attached hydrogens (tertiary/aromatic N) is 2. The van der Waals surface area contributed by atoms with Gasteiger partial charge in [0.05, 0.1) is 24.0 Å². The number of carbonyl (C=O) groups excluding carboxylic acids is 2. The predicted octanol–water partition coefficient (Wildman–Crippen LogP) is 6.85. The molecule has 1 aliphatic rings. The Bertz CT molecular complexity index is 1110. The maximum atomic E-state index is 13.9. The van der Waals surface area contributed by atoms with Crippen LogP contribution in [0.5, 0.6) is 0 Å². The molecule has 1 unspecified atom stereocenters. The lowest BCUT2D eigenvalue weighted by Crippen LogP contribution is -2.59. The van der Waals surface area contributed by atoms with Gasteiger partial charge >= 0.3 is 0 Å². The van der Waals surface area contributed by atoms with Crippen molar-refractivity contribution in [3.63, 3.8) is 0 Å². The molecule has 2 aromatic heterocycles. The van der Waals surface area contributed by atoms with Crippen LogP contribution in [0.2, 0.25) is 5.02 Å². The van der Waals surface area contributed by atoms with Crippen molar-refractivity contribution in [2.24, 2.45) is 0 Å². The summed E-state index contributed by atoms with van der Waals surface area (Å²) >= 11 is 6.07. The third kappa shape index (κ3) is 6.60. The van der Waals surface area contributed by atoms with Gasteiger partial charge in [-0.15, -0.1) is 0 Å². The van der Waals surface area contributed by atoms with E-state index in [4.69, 9.17) is 16.0 Å². The smallest absolute Gasteiger partial charge is 0.242 e. The van der Waals surface area contributed by atoms with E-state index in [-0.39, 0.29) is 11.9 Å². The van der Waals surface area contributed by atoms with Gasteiger partial charge in [-0.3, -0.25) is 14.5 Å². The van der Waals surface area contributed by atoms with Crippen LogP contribution in [0.4, 0.5) is 0 Å². The van der Waals surface area contributed by atoms with Crippen LogP contribution in [-0.2, 0) is 17.9 Å². The van der Waals surface area contributed by atoms with Crippen molar-refractivity contribution in [1.82, 2.24) is 14.8 Å². The van der Waals surface area contributed by atoms with E-state index in [1.165, 1.54) is 19.3 Å². The van der Waals surface area contributed by atoms with Gasteiger partial charge in [-0.05, 0) is 44.5 Å². The van der Waals surface area contributed by atoms with E-state index in [0.717, 1.165) is 43.0 Å². The average Bonchev–Trinajstić information content (AvgIpc) is 3.45. The number of fused-ring (bicyclic) bond motifs is 1. The summed E-state index contributed by atoms with van der Waals surface area (Å²) in [7, 11) is 1.96. The maximum absolute atomic E-state index is 13.9. The zero-order valence-electron chi connectivity index (χ0n) is 22.1. The highest BCUT2D eigenvalue weighted by Crippen LogP contribution is 2.27. The number of likely N-dealkylation sites (N-methyl/N-ethyl adjacent to an activating group) is 1. The van der Waals surface area contributed by atoms with E-state index in [2.05, 4.69) is 10.2 Å². The third-order valence-corrected chi connectivity index (χ3v) is 7.50. The van der Waals surface area contributed by atoms with Gasteiger partial charge in [-0.25, -0.2) is 0 Å². The second-order valence-electron chi connectivity index (χ2n) is 9.72. The van der Waals surface area contributed by atoms with Crippen LogP contribution in [0.25, 0.3) is 11.1 Å². The van der Waals surface area contributed by atoms with E-state index in [1.54, 1.807) is 12.3 Å². The van der Waals surface area contributed by atoms with E-state index < -0.39 is 5.54 Å². The molecule has 0 spiro atoms. The Morgan fingerprint density at radius 3 is 2.42 bits per heavy atom. The van der Waals surface area contributed by atoms with E-state index in [0.29, 0.717) is 29.4 Å². The number of hydrogen-bond donors (Lipinski definition) is 1. The Morgan fingerprint density at radius 2 is 1.78 bits per heavy atom. The molecule has 1 amide bonds. The lowest BCUT2D eigenvalue weighted by molar-refractivity contribution is -0.134. The number of carbonyl (C=O) groups is 2. The Balaban J connectivity index is 0.00000176. The Kier molecular flexibility index (Phi) is 10.2. The summed E-state index contributed by atoms with van der Waals surface area (Å²) in [5.74, 6) is -0.0169. The number of aromatic nitrogens is 1. The molecule has 6 nitrogen and oxygen atoms in total. The van der Waals surface area contributed by atoms with Gasteiger partial charge in [0.25, 0.3) is 0 Å². The van der Waals surface area contributed by atoms with Crippen LogP contribution >= 0.6 is 11.6 Å². The molecule has 2 heterocycles. The van der Waals surface area contributed by atoms with Crippen LogP contribution in [0.1, 0.15) is 81.8 Å². The third-order valence-electron chi connectivity index (χ3n) is 7.25. The molecule has 1 atom stereocenters. The lowest BCUT2D eigenvalue weighted by atomic mass is 9.93. The fraction of sp³-hybridized carbons (Fsp3) is 0.517. The van der Waals surface area contributed by atoms with Gasteiger partial charge < -0.3 is 14.3 Å². The fourth-order valence-corrected chi connectivity index (χ4v) is 5.05. The number of benzene rings is 1. The van der Waals surface area contributed by atoms with E-state index in [9.17, 15) is 9.59 Å². The topological polar surface area (TPSA) is 67.5 Å². The molecule has 7 heteroatoms. The van der Waals surface area contributed by atoms with Crippen LogP contribution < -0.4 is 5.32 Å². The van der Waals surface area contributed by atoms with Crippen molar-refractivity contribution < 1.29 is 14.0 Å². The summed E-state index contributed by atoms with van der Waals surface area (Å²) in [5, 5.41) is 4.05. The molecule has 0 radical (unpaired) electrons. The molecule has 1 N–H and O–H groups in total. The molecular formula is C29H40ClN3O3. The number of rotatable bonds is 8. The highest BCUT2D eigenvalue weighted by atomic mass is 35.5. The minimum Gasteiger partial charge on any atom is -0.463 e. The normalized spacial score (nSPS) is 16.5. The van der Waals surface area contributed by atoms with Gasteiger partial charge in [0.1, 0.15) is 5.54 Å². The number of aldehydes is 1. The van der Waals surface area contributed by atoms with Crippen molar-refractivity contribution in [2.75, 3.05) is 7.05 Å². The van der Waals surface area contributed by atoms with Gasteiger partial charge in [-0.1, -0.05) is 69.7 Å². The van der Waals surface area contributed by atoms with Crippen molar-refractivity contribution in [1.29, 1.82) is 0 Å². The molecule has 36 heavy (non-hydrogen) atoms. The maximum Gasteiger partial charge on any atom is 0.242 e. The molecular weight excluding hydrogens is 474 g/mol. The minimum atomic E-state index is -0.900. The van der Waals surface area contributed by atoms with Crippen LogP contribution in [-0.4, -0.2) is 40.3 Å². The molecule has 1 aromatic carbocycles. The Morgan fingerprint density at radius 1 is 1.14 bits per heavy atom. The molecule has 3 aromatic rings. The molecule has 1 aliphatic carbocycles. The number of nitrogens with one attached hydrogen (secondary N) is 1. The Labute approximate surface area is 220 Å². The number of halogens is 1. The quantitative estimate of drug-likeness (QED) is 0.334. The summed E-state index contributed by atoms with van der Waals surface area (Å²) < 4.78 is 7.41. The average molecular weight is 514 g/mol. The molecule has 196 valence electrons. The lowest BCUT2D eigenvalue weighted by Gasteiger charge is -2.39. The monoisotopic (exact) mass is 513 g/mol. The number of amides is 1. The molecule has 4 rings (SSSR count). The minimum absolute atomic E-state index is 0.0169. The highest BCUT2D eigenvalue weighted by molar-refractivity contribution is 6.30. The van der Waals surface area contributed by atoms with Gasteiger partial charge in [0.2, 0.25) is 5.91 Å². The summed E-state index contributed by atoms with van der Waals surface area (Å²) in [4.78, 5) is 27.8. The Hall–Kier alpha value is -2.57. The second kappa shape index (κ2) is 13.1. The largest absolute Gasteiger partial charge is 0.463 e. The molecule has 0 aliphatic heterocycles. The van der Waals surface area contributed by atoms with Gasteiger partial charge in [-0.2, -0.15) is 0 Å². The first-order valence-corrected chi connectivity index (χ1v) is 13.6. The van der Waals surface area contributed by atoms with Crippen molar-refractivity contribution in [3.05, 3.63) is 58.9 Å². The molecule has 1 fully saturated rings.